The van der Waals surface area contributed by atoms with Crippen LogP contribution in [-0.2, 0) is 9.59 Å². The third-order valence-electron chi connectivity index (χ3n) is 3.27. The van der Waals surface area contributed by atoms with Gasteiger partial charge in [0, 0.05) is 13.0 Å². The number of guanidine groups is 1. The van der Waals surface area contributed by atoms with Crippen LogP contribution in [0, 0.1) is 0 Å². The fourth-order valence-electron chi connectivity index (χ4n) is 2.27. The monoisotopic (exact) mass is 272 g/mol. The number of nitrogens with two attached hydrogens (primary N) is 3. The van der Waals surface area contributed by atoms with Crippen LogP contribution >= 0.6 is 0 Å². The molecule has 8 heteroatoms. The molecule has 1 aliphatic rings. The van der Waals surface area contributed by atoms with E-state index in [2.05, 4.69) is 10.7 Å². The highest BCUT2D eigenvalue weighted by Crippen LogP contribution is 2.17. The molecule has 0 bridgehead atoms. The third kappa shape index (κ3) is 4.40. The first kappa shape index (κ1) is 15.2. The van der Waals surface area contributed by atoms with Crippen LogP contribution in [0.15, 0.2) is 0 Å². The molecule has 0 aromatic rings. The Morgan fingerprint density at radius 1 is 1.37 bits per heavy atom. The van der Waals surface area contributed by atoms with Crippen molar-refractivity contribution >= 4 is 17.8 Å². The van der Waals surface area contributed by atoms with Gasteiger partial charge in [-0.2, -0.15) is 0 Å². The zero-order valence-corrected chi connectivity index (χ0v) is 11.1. The minimum atomic E-state index is -0.470. The largest absolute Gasteiger partial charge is 0.368 e. The number of carbonyl (C=O) groups excluding carboxylic acids is 2. The molecule has 0 aromatic carbocycles. The normalized spacial score (nSPS) is 20.1. The number of quaternary nitrogens is 1. The SMILES string of the molecule is NC(=O)[C@@H]1CCCN1C(=O)[C@@H]([NH3+])CCC[NH+]=C(N)N. The average molecular weight is 272 g/mol. The first-order chi connectivity index (χ1) is 8.93. The topological polar surface area (TPSA) is 157 Å². The Labute approximate surface area is 112 Å². The predicted octanol–water partition coefficient (Wildman–Crippen LogP) is -4.79. The molecule has 1 saturated heterocycles. The lowest BCUT2D eigenvalue weighted by Crippen LogP contribution is -2.78. The van der Waals surface area contributed by atoms with E-state index in [-0.39, 0.29) is 17.9 Å². The van der Waals surface area contributed by atoms with E-state index >= 15 is 0 Å². The van der Waals surface area contributed by atoms with Crippen molar-refractivity contribution < 1.29 is 20.3 Å². The number of carbonyl (C=O) groups is 2. The molecule has 1 aliphatic heterocycles. The van der Waals surface area contributed by atoms with Gasteiger partial charge >= 0.3 is 5.96 Å². The lowest BCUT2D eigenvalue weighted by atomic mass is 10.1. The van der Waals surface area contributed by atoms with Gasteiger partial charge in [-0.25, -0.2) is 0 Å². The molecule has 1 heterocycles. The number of nitrogens with zero attached hydrogens (tertiary/aromatic N) is 1. The van der Waals surface area contributed by atoms with Crippen LogP contribution in [0.5, 0.6) is 0 Å². The van der Waals surface area contributed by atoms with E-state index in [1.807, 2.05) is 0 Å². The summed E-state index contributed by atoms with van der Waals surface area (Å²) in [5.74, 6) is -0.378. The van der Waals surface area contributed by atoms with Crippen LogP contribution in [0.4, 0.5) is 0 Å². The fourth-order valence-corrected chi connectivity index (χ4v) is 2.27. The summed E-state index contributed by atoms with van der Waals surface area (Å²) in [6, 6.07) is -0.844. The van der Waals surface area contributed by atoms with Gasteiger partial charge < -0.3 is 16.4 Å². The number of hydrogen-bond donors (Lipinski definition) is 5. The van der Waals surface area contributed by atoms with Crippen LogP contribution in [0.2, 0.25) is 0 Å². The van der Waals surface area contributed by atoms with Crippen LogP contribution in [0.3, 0.4) is 0 Å². The van der Waals surface area contributed by atoms with Crippen molar-refractivity contribution in [2.24, 2.45) is 17.2 Å². The van der Waals surface area contributed by atoms with Gasteiger partial charge in [0.1, 0.15) is 6.04 Å². The summed E-state index contributed by atoms with van der Waals surface area (Å²) in [6.07, 6.45) is 2.80. The van der Waals surface area contributed by atoms with Crippen molar-refractivity contribution in [3.8, 4) is 0 Å². The molecule has 0 spiro atoms. The lowest BCUT2D eigenvalue weighted by Gasteiger charge is -2.23. The molecule has 2 atom stereocenters. The van der Waals surface area contributed by atoms with E-state index in [0.29, 0.717) is 25.9 Å². The molecule has 19 heavy (non-hydrogen) atoms. The molecule has 0 unspecified atom stereocenters. The summed E-state index contributed by atoms with van der Waals surface area (Å²) in [4.78, 5) is 27.7. The van der Waals surface area contributed by atoms with Crippen molar-refractivity contribution in [3.63, 3.8) is 0 Å². The maximum atomic E-state index is 12.2. The Morgan fingerprint density at radius 2 is 2.05 bits per heavy atom. The van der Waals surface area contributed by atoms with Crippen molar-refractivity contribution in [2.45, 2.75) is 37.8 Å². The third-order valence-corrected chi connectivity index (χ3v) is 3.27. The van der Waals surface area contributed by atoms with Crippen molar-refractivity contribution in [3.05, 3.63) is 0 Å². The van der Waals surface area contributed by atoms with Gasteiger partial charge in [0.05, 0.1) is 6.54 Å². The maximum Gasteiger partial charge on any atom is 0.338 e. The molecule has 2 amide bonds. The summed E-state index contributed by atoms with van der Waals surface area (Å²) in [6.45, 7) is 1.18. The van der Waals surface area contributed by atoms with Crippen molar-refractivity contribution in [1.82, 2.24) is 4.90 Å². The molecular formula is C11H24N6O2+2. The van der Waals surface area contributed by atoms with Crippen molar-refractivity contribution in [2.75, 3.05) is 13.1 Å². The summed E-state index contributed by atoms with van der Waals surface area (Å²) in [5.41, 5.74) is 19.7. The van der Waals surface area contributed by atoms with Gasteiger partial charge in [-0.3, -0.25) is 26.0 Å². The molecule has 8 nitrogen and oxygen atoms in total. The standard InChI is InChI=1S/C11H22N6O2/c12-7(3-1-5-16-11(14)15)10(19)17-6-2-4-8(17)9(13)18/h7-8H,1-6,12H2,(H2,13,18)(H4,14,15,16)/p+2/t7-,8-/m0/s1. The molecule has 1 fully saturated rings. The lowest BCUT2D eigenvalue weighted by molar-refractivity contribution is -0.463. The van der Waals surface area contributed by atoms with E-state index in [1.54, 1.807) is 4.90 Å². The van der Waals surface area contributed by atoms with Gasteiger partial charge in [0.2, 0.25) is 5.91 Å². The Bertz CT molecular complexity index is 366. The van der Waals surface area contributed by atoms with E-state index in [1.165, 1.54) is 0 Å². The van der Waals surface area contributed by atoms with Gasteiger partial charge in [-0.15, -0.1) is 0 Å². The Morgan fingerprint density at radius 3 is 2.63 bits per heavy atom. The second-order valence-corrected chi connectivity index (χ2v) is 4.81. The quantitative estimate of drug-likeness (QED) is 0.187. The van der Waals surface area contributed by atoms with Crippen LogP contribution in [0.25, 0.3) is 0 Å². The molecular weight excluding hydrogens is 248 g/mol. The fraction of sp³-hybridized carbons (Fsp3) is 0.727. The zero-order chi connectivity index (χ0) is 14.4. The second kappa shape index (κ2) is 6.93. The minimum absolute atomic E-state index is 0.106. The zero-order valence-electron chi connectivity index (χ0n) is 11.1. The van der Waals surface area contributed by atoms with E-state index in [9.17, 15) is 9.59 Å². The van der Waals surface area contributed by atoms with Gasteiger partial charge in [0.15, 0.2) is 6.04 Å². The smallest absolute Gasteiger partial charge is 0.338 e. The van der Waals surface area contributed by atoms with Crippen LogP contribution in [-0.4, -0.2) is 47.8 Å². The van der Waals surface area contributed by atoms with Crippen LogP contribution in [0.1, 0.15) is 25.7 Å². The highest BCUT2D eigenvalue weighted by atomic mass is 16.2. The highest BCUT2D eigenvalue weighted by Gasteiger charge is 2.36. The maximum absolute atomic E-state index is 12.2. The first-order valence-electron chi connectivity index (χ1n) is 6.48. The summed E-state index contributed by atoms with van der Waals surface area (Å²) in [5, 5.41) is 0. The second-order valence-electron chi connectivity index (χ2n) is 4.81. The number of likely N-dealkylation sites (tertiary alicyclic amines) is 1. The molecule has 0 aliphatic carbocycles. The molecule has 10 N–H and O–H groups in total. The number of rotatable bonds is 6. The molecule has 1 rings (SSSR count). The van der Waals surface area contributed by atoms with E-state index in [0.717, 1.165) is 12.8 Å². The number of amides is 2. The van der Waals surface area contributed by atoms with E-state index < -0.39 is 11.9 Å². The summed E-state index contributed by atoms with van der Waals surface area (Å²) in [7, 11) is 0. The predicted molar refractivity (Wildman–Crippen MR) is 69.1 cm³/mol. The first-order valence-corrected chi connectivity index (χ1v) is 6.48. The minimum Gasteiger partial charge on any atom is -0.368 e. The molecule has 0 radical (unpaired) electrons. The molecule has 108 valence electrons. The number of nitrogens with one attached hydrogen (secondary N) is 1. The summed E-state index contributed by atoms with van der Waals surface area (Å²) >= 11 is 0. The Hall–Kier alpha value is -1.83. The highest BCUT2D eigenvalue weighted by molar-refractivity contribution is 5.88. The Kier molecular flexibility index (Phi) is 5.56. The van der Waals surface area contributed by atoms with Gasteiger partial charge in [0.25, 0.3) is 5.91 Å². The van der Waals surface area contributed by atoms with Gasteiger partial charge in [-0.05, 0) is 19.3 Å². The number of hydrogen-bond acceptors (Lipinski definition) is 2. The summed E-state index contributed by atoms with van der Waals surface area (Å²) < 4.78 is 0. The molecule has 0 aromatic heterocycles. The van der Waals surface area contributed by atoms with E-state index in [4.69, 9.17) is 17.2 Å². The Balaban J connectivity index is 2.43. The molecule has 0 saturated carbocycles. The number of primary amides is 1. The van der Waals surface area contributed by atoms with Gasteiger partial charge in [-0.1, -0.05) is 0 Å². The average Bonchev–Trinajstić information content (AvgIpc) is 2.82. The van der Waals surface area contributed by atoms with Crippen molar-refractivity contribution in [1.29, 1.82) is 0 Å². The van der Waals surface area contributed by atoms with Crippen LogP contribution < -0.4 is 27.9 Å².